The standard InChI is InChI=1S/C17H15FN2O2S/c1-21-14-5-2-10(6-13(14)18)9-22-12-4-3-11-7-16(17(19)20)23-15(11)8-12/h2-8H,9H2,1H3,(H3,19,20). The monoisotopic (exact) mass is 330 g/mol. The third-order valence-corrected chi connectivity index (χ3v) is 4.51. The molecule has 0 bridgehead atoms. The third-order valence-electron chi connectivity index (χ3n) is 3.38. The summed E-state index contributed by atoms with van der Waals surface area (Å²) in [6.07, 6.45) is 0. The average Bonchev–Trinajstić information content (AvgIpc) is 2.96. The summed E-state index contributed by atoms with van der Waals surface area (Å²) < 4.78 is 25.2. The lowest BCUT2D eigenvalue weighted by Crippen LogP contribution is -2.08. The van der Waals surface area contributed by atoms with Crippen LogP contribution in [-0.2, 0) is 6.61 Å². The van der Waals surface area contributed by atoms with E-state index in [1.54, 1.807) is 12.1 Å². The number of nitrogens with two attached hydrogens (primary N) is 1. The Morgan fingerprint density at radius 1 is 1.22 bits per heavy atom. The molecule has 0 atom stereocenters. The van der Waals surface area contributed by atoms with Crippen molar-refractivity contribution in [2.75, 3.05) is 7.11 Å². The fraction of sp³-hybridized carbons (Fsp3) is 0.118. The minimum Gasteiger partial charge on any atom is -0.494 e. The second kappa shape index (κ2) is 6.26. The molecule has 0 fully saturated rings. The smallest absolute Gasteiger partial charge is 0.165 e. The van der Waals surface area contributed by atoms with Crippen molar-refractivity contribution in [1.29, 1.82) is 5.41 Å². The zero-order valence-electron chi connectivity index (χ0n) is 12.4. The number of halogens is 1. The summed E-state index contributed by atoms with van der Waals surface area (Å²) >= 11 is 1.44. The summed E-state index contributed by atoms with van der Waals surface area (Å²) in [5, 5.41) is 8.50. The first-order chi connectivity index (χ1) is 11.1. The largest absolute Gasteiger partial charge is 0.494 e. The van der Waals surface area contributed by atoms with Crippen LogP contribution >= 0.6 is 11.3 Å². The Morgan fingerprint density at radius 3 is 2.74 bits per heavy atom. The Balaban J connectivity index is 1.76. The maximum atomic E-state index is 13.7. The van der Waals surface area contributed by atoms with Gasteiger partial charge in [0.15, 0.2) is 11.6 Å². The van der Waals surface area contributed by atoms with E-state index in [0.29, 0.717) is 5.75 Å². The van der Waals surface area contributed by atoms with E-state index in [2.05, 4.69) is 0 Å². The van der Waals surface area contributed by atoms with E-state index >= 15 is 0 Å². The van der Waals surface area contributed by atoms with Crippen LogP contribution in [-0.4, -0.2) is 12.9 Å². The number of rotatable bonds is 5. The molecule has 6 heteroatoms. The van der Waals surface area contributed by atoms with Gasteiger partial charge in [-0.25, -0.2) is 4.39 Å². The van der Waals surface area contributed by atoms with E-state index in [1.165, 1.54) is 24.5 Å². The average molecular weight is 330 g/mol. The minimum absolute atomic E-state index is 0.0578. The highest BCUT2D eigenvalue weighted by Gasteiger charge is 2.07. The molecule has 0 spiro atoms. The van der Waals surface area contributed by atoms with Crippen molar-refractivity contribution in [2.45, 2.75) is 6.61 Å². The van der Waals surface area contributed by atoms with Gasteiger partial charge in [-0.15, -0.1) is 11.3 Å². The summed E-state index contributed by atoms with van der Waals surface area (Å²) in [5.74, 6) is 0.548. The van der Waals surface area contributed by atoms with E-state index in [-0.39, 0.29) is 18.2 Å². The molecule has 0 amide bonds. The van der Waals surface area contributed by atoms with E-state index in [1.807, 2.05) is 24.3 Å². The number of thiophene rings is 1. The van der Waals surface area contributed by atoms with Gasteiger partial charge in [-0.1, -0.05) is 6.07 Å². The third kappa shape index (κ3) is 3.27. The molecular formula is C17H15FN2O2S. The van der Waals surface area contributed by atoms with Crippen LogP contribution in [0.3, 0.4) is 0 Å². The minimum atomic E-state index is -0.409. The summed E-state index contributed by atoms with van der Waals surface area (Å²) in [7, 11) is 1.43. The summed E-state index contributed by atoms with van der Waals surface area (Å²) in [5.41, 5.74) is 6.23. The highest BCUT2D eigenvalue weighted by Crippen LogP contribution is 2.29. The molecule has 1 heterocycles. The fourth-order valence-electron chi connectivity index (χ4n) is 2.20. The van der Waals surface area contributed by atoms with E-state index in [0.717, 1.165) is 20.5 Å². The molecule has 0 saturated heterocycles. The fourth-order valence-corrected chi connectivity index (χ4v) is 3.15. The molecule has 0 saturated carbocycles. The number of ether oxygens (including phenoxy) is 2. The number of fused-ring (bicyclic) bond motifs is 1. The van der Waals surface area contributed by atoms with Gasteiger partial charge >= 0.3 is 0 Å². The zero-order chi connectivity index (χ0) is 16.4. The Morgan fingerprint density at radius 2 is 2.04 bits per heavy atom. The highest BCUT2D eigenvalue weighted by atomic mass is 32.1. The predicted octanol–water partition coefficient (Wildman–Crippen LogP) is 3.91. The van der Waals surface area contributed by atoms with Crippen LogP contribution in [0.4, 0.5) is 4.39 Å². The molecule has 4 nitrogen and oxygen atoms in total. The zero-order valence-corrected chi connectivity index (χ0v) is 13.2. The SMILES string of the molecule is COc1ccc(COc2ccc3cc(C(=N)N)sc3c2)cc1F. The molecule has 3 N–H and O–H groups in total. The van der Waals surface area contributed by atoms with Crippen LogP contribution in [0.15, 0.2) is 42.5 Å². The molecule has 0 aliphatic heterocycles. The summed E-state index contributed by atoms with van der Waals surface area (Å²) in [6, 6.07) is 12.3. The van der Waals surface area contributed by atoms with E-state index < -0.39 is 5.82 Å². The lowest BCUT2D eigenvalue weighted by atomic mass is 10.2. The molecular weight excluding hydrogens is 315 g/mol. The van der Waals surface area contributed by atoms with Crippen molar-refractivity contribution in [3.8, 4) is 11.5 Å². The van der Waals surface area contributed by atoms with Crippen molar-refractivity contribution in [3.63, 3.8) is 0 Å². The molecule has 0 aliphatic carbocycles. The normalized spacial score (nSPS) is 10.7. The molecule has 118 valence electrons. The van der Waals surface area contributed by atoms with Crippen molar-refractivity contribution < 1.29 is 13.9 Å². The van der Waals surface area contributed by atoms with Gasteiger partial charge in [0, 0.05) is 4.70 Å². The molecule has 0 unspecified atom stereocenters. The molecule has 3 aromatic rings. The molecule has 2 aromatic carbocycles. The van der Waals surface area contributed by atoms with Crippen LogP contribution < -0.4 is 15.2 Å². The Hall–Kier alpha value is -2.60. The lowest BCUT2D eigenvalue weighted by molar-refractivity contribution is 0.305. The van der Waals surface area contributed by atoms with Crippen LogP contribution in [0.2, 0.25) is 0 Å². The highest BCUT2D eigenvalue weighted by molar-refractivity contribution is 7.20. The number of amidine groups is 1. The number of nitrogen functional groups attached to an aromatic ring is 1. The topological polar surface area (TPSA) is 68.3 Å². The van der Waals surface area contributed by atoms with Gasteiger partial charge in [0.2, 0.25) is 0 Å². The number of hydrogen-bond donors (Lipinski definition) is 2. The van der Waals surface area contributed by atoms with Gasteiger partial charge in [-0.05, 0) is 47.3 Å². The van der Waals surface area contributed by atoms with Crippen molar-refractivity contribution in [3.05, 3.63) is 58.7 Å². The maximum absolute atomic E-state index is 13.7. The molecule has 3 rings (SSSR count). The Bertz CT molecular complexity index is 876. The first kappa shape index (κ1) is 15.3. The lowest BCUT2D eigenvalue weighted by Gasteiger charge is -2.08. The Labute approximate surface area is 136 Å². The van der Waals surface area contributed by atoms with Gasteiger partial charge < -0.3 is 15.2 Å². The van der Waals surface area contributed by atoms with Crippen LogP contribution in [0, 0.1) is 11.2 Å². The van der Waals surface area contributed by atoms with Gasteiger partial charge in [0.1, 0.15) is 18.2 Å². The Kier molecular flexibility index (Phi) is 4.16. The van der Waals surface area contributed by atoms with Crippen LogP contribution in [0.25, 0.3) is 10.1 Å². The second-order valence-electron chi connectivity index (χ2n) is 4.98. The molecule has 23 heavy (non-hydrogen) atoms. The van der Waals surface area contributed by atoms with E-state index in [4.69, 9.17) is 20.6 Å². The summed E-state index contributed by atoms with van der Waals surface area (Å²) in [4.78, 5) is 0.731. The predicted molar refractivity (Wildman–Crippen MR) is 90.1 cm³/mol. The quantitative estimate of drug-likeness (QED) is 0.550. The van der Waals surface area contributed by atoms with E-state index in [9.17, 15) is 4.39 Å². The number of methoxy groups -OCH3 is 1. The van der Waals surface area contributed by atoms with Gasteiger partial charge in [-0.3, -0.25) is 5.41 Å². The van der Waals surface area contributed by atoms with Crippen molar-refractivity contribution in [1.82, 2.24) is 0 Å². The van der Waals surface area contributed by atoms with Crippen LogP contribution in [0.5, 0.6) is 11.5 Å². The van der Waals surface area contributed by atoms with Crippen molar-refractivity contribution in [2.24, 2.45) is 5.73 Å². The number of benzene rings is 2. The van der Waals surface area contributed by atoms with Gasteiger partial charge in [-0.2, -0.15) is 0 Å². The second-order valence-corrected chi connectivity index (χ2v) is 6.07. The molecule has 0 radical (unpaired) electrons. The number of hydrogen-bond acceptors (Lipinski definition) is 4. The summed E-state index contributed by atoms with van der Waals surface area (Å²) in [6.45, 7) is 0.261. The molecule has 1 aromatic heterocycles. The number of nitrogens with one attached hydrogen (secondary N) is 1. The van der Waals surface area contributed by atoms with Gasteiger partial charge in [0.25, 0.3) is 0 Å². The molecule has 0 aliphatic rings. The van der Waals surface area contributed by atoms with Gasteiger partial charge in [0.05, 0.1) is 12.0 Å². The first-order valence-corrected chi connectivity index (χ1v) is 7.71. The van der Waals surface area contributed by atoms with Crippen LogP contribution in [0.1, 0.15) is 10.4 Å². The first-order valence-electron chi connectivity index (χ1n) is 6.90. The maximum Gasteiger partial charge on any atom is 0.165 e. The van der Waals surface area contributed by atoms with Crippen molar-refractivity contribution >= 4 is 27.3 Å².